The molecule has 0 aliphatic heterocycles. The van der Waals surface area contributed by atoms with Crippen LogP contribution in [0.1, 0.15) is 47.5 Å². The van der Waals surface area contributed by atoms with E-state index in [0.29, 0.717) is 0 Å². The van der Waals surface area contributed by atoms with Crippen molar-refractivity contribution in [2.24, 2.45) is 0 Å². The van der Waals surface area contributed by atoms with Crippen molar-refractivity contribution in [3.05, 3.63) is 12.8 Å². The molecule has 0 heterocycles. The van der Waals surface area contributed by atoms with Gasteiger partial charge in [-0.3, -0.25) is 0 Å². The van der Waals surface area contributed by atoms with Gasteiger partial charge >= 0.3 is 0 Å². The Bertz CT molecular complexity index is 77.4. The average molecular weight is 157 g/mol. The summed E-state index contributed by atoms with van der Waals surface area (Å²) in [6.07, 6.45) is 4.35. The van der Waals surface area contributed by atoms with Gasteiger partial charge in [0.05, 0.1) is 0 Å². The van der Waals surface area contributed by atoms with Gasteiger partial charge < -0.3 is 5.32 Å². The van der Waals surface area contributed by atoms with Crippen LogP contribution in [0.25, 0.3) is 0 Å². The summed E-state index contributed by atoms with van der Waals surface area (Å²) in [5.74, 6) is 0. The standard InChI is InChI=1S/C6H13N.C4H10/c1-5-7-6(2,3)4;1-3-4-2/h5,7H,1H2,2-4H3;3-4H2,1-2H3. The molecule has 68 valence electrons. The van der Waals surface area contributed by atoms with Crippen LogP contribution in [-0.4, -0.2) is 5.54 Å². The largest absolute Gasteiger partial charge is 0.387 e. The van der Waals surface area contributed by atoms with Crippen LogP contribution in [0.3, 0.4) is 0 Å². The van der Waals surface area contributed by atoms with E-state index >= 15 is 0 Å². The lowest BCUT2D eigenvalue weighted by molar-refractivity contribution is 0.492. The molecule has 0 bridgehead atoms. The van der Waals surface area contributed by atoms with Crippen molar-refractivity contribution in [2.75, 3.05) is 0 Å². The first kappa shape index (κ1) is 13.2. The Morgan fingerprint density at radius 1 is 1.18 bits per heavy atom. The Morgan fingerprint density at radius 2 is 1.55 bits per heavy atom. The van der Waals surface area contributed by atoms with Crippen LogP contribution in [0, 0.1) is 0 Å². The Morgan fingerprint density at radius 3 is 1.55 bits per heavy atom. The first-order valence-corrected chi connectivity index (χ1v) is 4.36. The second kappa shape index (κ2) is 7.64. The summed E-state index contributed by atoms with van der Waals surface area (Å²) in [6.45, 7) is 14.2. The number of nitrogens with one attached hydrogen (secondary N) is 1. The normalized spacial score (nSPS) is 9.55. The topological polar surface area (TPSA) is 12.0 Å². The van der Waals surface area contributed by atoms with Gasteiger partial charge in [-0.15, -0.1) is 0 Å². The SMILES string of the molecule is C=CNC(C)(C)C.CCCC. The highest BCUT2D eigenvalue weighted by molar-refractivity contribution is 4.77. The van der Waals surface area contributed by atoms with E-state index in [1.54, 1.807) is 6.20 Å². The lowest BCUT2D eigenvalue weighted by Crippen LogP contribution is -2.30. The molecular weight excluding hydrogens is 134 g/mol. The zero-order valence-electron chi connectivity index (χ0n) is 8.70. The number of hydrogen-bond acceptors (Lipinski definition) is 1. The molecule has 0 aromatic carbocycles. The molecule has 0 spiro atoms. The number of unbranched alkanes of at least 4 members (excludes halogenated alkanes) is 1. The molecule has 1 N–H and O–H groups in total. The maximum atomic E-state index is 3.53. The predicted octanol–water partition coefficient (Wildman–Crippen LogP) is 3.32. The second-order valence-electron chi connectivity index (χ2n) is 3.60. The molecule has 0 unspecified atom stereocenters. The number of hydrogen-bond donors (Lipinski definition) is 1. The summed E-state index contributed by atoms with van der Waals surface area (Å²) in [5, 5.41) is 3.05. The van der Waals surface area contributed by atoms with Crippen LogP contribution in [0.5, 0.6) is 0 Å². The third-order valence-electron chi connectivity index (χ3n) is 1.04. The van der Waals surface area contributed by atoms with Gasteiger partial charge in [0.15, 0.2) is 0 Å². The van der Waals surface area contributed by atoms with Gasteiger partial charge in [-0.2, -0.15) is 0 Å². The van der Waals surface area contributed by atoms with E-state index < -0.39 is 0 Å². The fourth-order valence-corrected chi connectivity index (χ4v) is 0.306. The molecule has 0 aliphatic rings. The van der Waals surface area contributed by atoms with Crippen molar-refractivity contribution in [2.45, 2.75) is 53.0 Å². The second-order valence-corrected chi connectivity index (χ2v) is 3.60. The Labute approximate surface area is 71.9 Å². The molecule has 0 amide bonds. The van der Waals surface area contributed by atoms with Crippen LogP contribution >= 0.6 is 0 Å². The third kappa shape index (κ3) is 26.3. The van der Waals surface area contributed by atoms with E-state index in [1.165, 1.54) is 12.8 Å². The molecule has 0 fully saturated rings. The molecule has 0 aromatic heterocycles. The predicted molar refractivity (Wildman–Crippen MR) is 53.7 cm³/mol. The zero-order valence-corrected chi connectivity index (χ0v) is 8.70. The molecule has 1 nitrogen and oxygen atoms in total. The highest BCUT2D eigenvalue weighted by Crippen LogP contribution is 1.96. The van der Waals surface area contributed by atoms with Crippen LogP contribution in [-0.2, 0) is 0 Å². The van der Waals surface area contributed by atoms with E-state index in [0.717, 1.165) is 0 Å². The van der Waals surface area contributed by atoms with Crippen LogP contribution in [0.15, 0.2) is 12.8 Å². The van der Waals surface area contributed by atoms with Gasteiger partial charge in [0.25, 0.3) is 0 Å². The molecule has 0 aromatic rings. The van der Waals surface area contributed by atoms with Crippen molar-refractivity contribution in [3.8, 4) is 0 Å². The third-order valence-corrected chi connectivity index (χ3v) is 1.04. The maximum Gasteiger partial charge on any atom is 0.0283 e. The molecule has 0 atom stereocenters. The minimum atomic E-state index is 0.182. The lowest BCUT2D eigenvalue weighted by Gasteiger charge is -2.17. The lowest BCUT2D eigenvalue weighted by atomic mass is 10.1. The molecule has 11 heavy (non-hydrogen) atoms. The van der Waals surface area contributed by atoms with Gasteiger partial charge in [0.2, 0.25) is 0 Å². The van der Waals surface area contributed by atoms with Crippen LogP contribution in [0.2, 0.25) is 0 Å². The Hall–Kier alpha value is -0.460. The zero-order chi connectivity index (χ0) is 9.33. The maximum absolute atomic E-state index is 3.53. The van der Waals surface area contributed by atoms with E-state index in [2.05, 4.69) is 46.5 Å². The van der Waals surface area contributed by atoms with Gasteiger partial charge in [-0.25, -0.2) is 0 Å². The highest BCUT2D eigenvalue weighted by atomic mass is 14.9. The fraction of sp³-hybridized carbons (Fsp3) is 0.800. The van der Waals surface area contributed by atoms with E-state index in [9.17, 15) is 0 Å². The summed E-state index contributed by atoms with van der Waals surface area (Å²) >= 11 is 0. The van der Waals surface area contributed by atoms with E-state index in [1.807, 2.05) is 0 Å². The van der Waals surface area contributed by atoms with Crippen molar-refractivity contribution in [1.82, 2.24) is 5.32 Å². The summed E-state index contributed by atoms with van der Waals surface area (Å²) < 4.78 is 0. The Balaban J connectivity index is 0. The summed E-state index contributed by atoms with van der Waals surface area (Å²) in [5.41, 5.74) is 0.182. The van der Waals surface area contributed by atoms with Gasteiger partial charge in [-0.1, -0.05) is 33.3 Å². The van der Waals surface area contributed by atoms with E-state index in [-0.39, 0.29) is 5.54 Å². The molecule has 0 aliphatic carbocycles. The van der Waals surface area contributed by atoms with Gasteiger partial charge in [0.1, 0.15) is 0 Å². The number of rotatable bonds is 2. The van der Waals surface area contributed by atoms with Gasteiger partial charge in [-0.05, 0) is 27.0 Å². The molecule has 0 rings (SSSR count). The summed E-state index contributed by atoms with van der Waals surface area (Å²) in [7, 11) is 0. The van der Waals surface area contributed by atoms with Crippen molar-refractivity contribution >= 4 is 0 Å². The van der Waals surface area contributed by atoms with Crippen LogP contribution < -0.4 is 5.32 Å². The summed E-state index contributed by atoms with van der Waals surface area (Å²) in [4.78, 5) is 0. The Kier molecular flexibility index (Phi) is 9.14. The van der Waals surface area contributed by atoms with Gasteiger partial charge in [0, 0.05) is 5.54 Å². The smallest absolute Gasteiger partial charge is 0.0283 e. The minimum Gasteiger partial charge on any atom is -0.387 e. The quantitative estimate of drug-likeness (QED) is 0.648. The first-order chi connectivity index (χ1) is 4.97. The summed E-state index contributed by atoms with van der Waals surface area (Å²) in [6, 6.07) is 0. The average Bonchev–Trinajstić information content (AvgIpc) is 1.86. The molecular formula is C10H23N. The van der Waals surface area contributed by atoms with Crippen molar-refractivity contribution < 1.29 is 0 Å². The molecule has 0 saturated heterocycles. The first-order valence-electron chi connectivity index (χ1n) is 4.36. The van der Waals surface area contributed by atoms with Crippen molar-refractivity contribution in [1.29, 1.82) is 0 Å². The van der Waals surface area contributed by atoms with Crippen LogP contribution in [0.4, 0.5) is 0 Å². The van der Waals surface area contributed by atoms with E-state index in [4.69, 9.17) is 0 Å². The fourth-order valence-electron chi connectivity index (χ4n) is 0.306. The monoisotopic (exact) mass is 157 g/mol. The minimum absolute atomic E-state index is 0.182. The molecule has 0 saturated carbocycles. The molecule has 1 heteroatoms. The van der Waals surface area contributed by atoms with Crippen molar-refractivity contribution in [3.63, 3.8) is 0 Å². The molecule has 0 radical (unpaired) electrons. The highest BCUT2D eigenvalue weighted by Gasteiger charge is 2.02.